The molecular formula is C14H16N2O. The summed E-state index contributed by atoms with van der Waals surface area (Å²) in [4.78, 5) is 8.29. The standard InChI is InChI=1S/C14H16N2O/c1-9-7-15-14(16-8-9)13(17)12-5-4-10(2)11(3)6-12/h4-8,13,17H,1-3H3. The molecule has 1 atom stereocenters. The van der Waals surface area contributed by atoms with Gasteiger partial charge in [-0.15, -0.1) is 0 Å². The lowest BCUT2D eigenvalue weighted by Gasteiger charge is -2.11. The average Bonchev–Trinajstić information content (AvgIpc) is 2.33. The van der Waals surface area contributed by atoms with Crippen molar-refractivity contribution in [2.24, 2.45) is 0 Å². The lowest BCUT2D eigenvalue weighted by molar-refractivity contribution is 0.209. The molecule has 0 amide bonds. The zero-order valence-electron chi connectivity index (χ0n) is 10.3. The summed E-state index contributed by atoms with van der Waals surface area (Å²) >= 11 is 0. The van der Waals surface area contributed by atoms with Gasteiger partial charge < -0.3 is 5.11 Å². The minimum absolute atomic E-state index is 0.443. The summed E-state index contributed by atoms with van der Waals surface area (Å²) in [6.07, 6.45) is 2.68. The van der Waals surface area contributed by atoms with Gasteiger partial charge in [-0.1, -0.05) is 18.2 Å². The van der Waals surface area contributed by atoms with Crippen molar-refractivity contribution in [3.63, 3.8) is 0 Å². The smallest absolute Gasteiger partial charge is 0.161 e. The molecule has 1 aromatic heterocycles. The molecule has 3 nitrogen and oxygen atoms in total. The Morgan fingerprint density at radius 3 is 2.24 bits per heavy atom. The van der Waals surface area contributed by atoms with Gasteiger partial charge in [-0.3, -0.25) is 0 Å². The molecule has 0 aliphatic rings. The third-order valence-corrected chi connectivity index (χ3v) is 2.89. The monoisotopic (exact) mass is 228 g/mol. The summed E-state index contributed by atoms with van der Waals surface area (Å²) in [5, 5.41) is 10.2. The van der Waals surface area contributed by atoms with Crippen LogP contribution in [0.3, 0.4) is 0 Å². The number of nitrogens with zero attached hydrogens (tertiary/aromatic N) is 2. The summed E-state index contributed by atoms with van der Waals surface area (Å²) < 4.78 is 0. The van der Waals surface area contributed by atoms with E-state index in [0.29, 0.717) is 5.82 Å². The quantitative estimate of drug-likeness (QED) is 0.859. The molecule has 0 saturated heterocycles. The molecule has 1 aromatic carbocycles. The Kier molecular flexibility index (Phi) is 3.20. The number of benzene rings is 1. The first-order chi connectivity index (χ1) is 8.08. The van der Waals surface area contributed by atoms with Crippen molar-refractivity contribution < 1.29 is 5.11 Å². The fraction of sp³-hybridized carbons (Fsp3) is 0.286. The van der Waals surface area contributed by atoms with E-state index in [-0.39, 0.29) is 0 Å². The van der Waals surface area contributed by atoms with E-state index in [0.717, 1.165) is 16.7 Å². The fourth-order valence-corrected chi connectivity index (χ4v) is 1.63. The molecule has 2 aromatic rings. The summed E-state index contributed by atoms with van der Waals surface area (Å²) in [7, 11) is 0. The van der Waals surface area contributed by atoms with Crippen molar-refractivity contribution in [3.8, 4) is 0 Å². The van der Waals surface area contributed by atoms with E-state index in [1.54, 1.807) is 12.4 Å². The summed E-state index contributed by atoms with van der Waals surface area (Å²) in [6.45, 7) is 6.00. The van der Waals surface area contributed by atoms with Gasteiger partial charge in [0.25, 0.3) is 0 Å². The van der Waals surface area contributed by atoms with Crippen LogP contribution in [-0.4, -0.2) is 15.1 Å². The fourth-order valence-electron chi connectivity index (χ4n) is 1.63. The Morgan fingerprint density at radius 2 is 1.65 bits per heavy atom. The molecular weight excluding hydrogens is 212 g/mol. The van der Waals surface area contributed by atoms with E-state index in [9.17, 15) is 5.11 Å². The maximum Gasteiger partial charge on any atom is 0.161 e. The molecule has 0 radical (unpaired) electrons. The van der Waals surface area contributed by atoms with Gasteiger partial charge in [0.15, 0.2) is 5.82 Å². The molecule has 0 fully saturated rings. The Balaban J connectivity index is 2.33. The SMILES string of the molecule is Cc1cnc(C(O)c2ccc(C)c(C)c2)nc1. The summed E-state index contributed by atoms with van der Waals surface area (Å²) in [5.41, 5.74) is 4.19. The molecule has 0 saturated carbocycles. The van der Waals surface area contributed by atoms with E-state index >= 15 is 0 Å². The van der Waals surface area contributed by atoms with Gasteiger partial charge in [0.05, 0.1) is 0 Å². The minimum Gasteiger partial charge on any atom is -0.380 e. The topological polar surface area (TPSA) is 46.0 Å². The van der Waals surface area contributed by atoms with Crippen LogP contribution < -0.4 is 0 Å². The first kappa shape index (κ1) is 11.7. The Morgan fingerprint density at radius 1 is 1.00 bits per heavy atom. The third-order valence-electron chi connectivity index (χ3n) is 2.89. The maximum absolute atomic E-state index is 10.2. The highest BCUT2D eigenvalue weighted by Gasteiger charge is 2.13. The van der Waals surface area contributed by atoms with Gasteiger partial charge in [-0.25, -0.2) is 9.97 Å². The van der Waals surface area contributed by atoms with E-state index in [1.165, 1.54) is 5.56 Å². The normalized spacial score (nSPS) is 12.5. The van der Waals surface area contributed by atoms with Crippen LogP contribution in [0.15, 0.2) is 30.6 Å². The summed E-state index contributed by atoms with van der Waals surface area (Å²) in [5.74, 6) is 0.443. The maximum atomic E-state index is 10.2. The van der Waals surface area contributed by atoms with Crippen molar-refractivity contribution in [1.82, 2.24) is 9.97 Å². The summed E-state index contributed by atoms with van der Waals surface area (Å²) in [6, 6.07) is 5.89. The van der Waals surface area contributed by atoms with Crippen LogP contribution in [0, 0.1) is 20.8 Å². The largest absolute Gasteiger partial charge is 0.380 e. The van der Waals surface area contributed by atoms with Crippen LogP contribution in [0.1, 0.15) is 34.2 Å². The van der Waals surface area contributed by atoms with Crippen molar-refractivity contribution in [2.45, 2.75) is 26.9 Å². The van der Waals surface area contributed by atoms with Gasteiger partial charge in [-0.2, -0.15) is 0 Å². The van der Waals surface area contributed by atoms with Gasteiger partial charge >= 0.3 is 0 Å². The molecule has 1 N–H and O–H groups in total. The van der Waals surface area contributed by atoms with E-state index < -0.39 is 6.10 Å². The van der Waals surface area contributed by atoms with E-state index in [2.05, 4.69) is 9.97 Å². The van der Waals surface area contributed by atoms with Gasteiger partial charge in [0.2, 0.25) is 0 Å². The molecule has 0 bridgehead atoms. The molecule has 2 rings (SSSR count). The molecule has 0 aliphatic heterocycles. The van der Waals surface area contributed by atoms with E-state index in [4.69, 9.17) is 0 Å². The van der Waals surface area contributed by atoms with Crippen LogP contribution in [0.4, 0.5) is 0 Å². The number of hydrogen-bond acceptors (Lipinski definition) is 3. The van der Waals surface area contributed by atoms with Crippen LogP contribution in [0.5, 0.6) is 0 Å². The van der Waals surface area contributed by atoms with Crippen LogP contribution in [-0.2, 0) is 0 Å². The van der Waals surface area contributed by atoms with Gasteiger partial charge in [0, 0.05) is 12.4 Å². The molecule has 88 valence electrons. The highest BCUT2D eigenvalue weighted by atomic mass is 16.3. The number of aliphatic hydroxyl groups excluding tert-OH is 1. The van der Waals surface area contributed by atoms with E-state index in [1.807, 2.05) is 39.0 Å². The lowest BCUT2D eigenvalue weighted by atomic mass is 10.0. The second-order valence-corrected chi connectivity index (χ2v) is 4.36. The number of hydrogen-bond donors (Lipinski definition) is 1. The average molecular weight is 228 g/mol. The van der Waals surface area contributed by atoms with Gasteiger partial charge in [0.1, 0.15) is 6.10 Å². The van der Waals surface area contributed by atoms with Crippen LogP contribution in [0.25, 0.3) is 0 Å². The highest BCUT2D eigenvalue weighted by molar-refractivity contribution is 5.33. The van der Waals surface area contributed by atoms with Crippen LogP contribution in [0.2, 0.25) is 0 Å². The molecule has 0 spiro atoms. The molecule has 1 heterocycles. The number of aromatic nitrogens is 2. The number of rotatable bonds is 2. The van der Waals surface area contributed by atoms with Crippen LogP contribution >= 0.6 is 0 Å². The Hall–Kier alpha value is -1.74. The zero-order chi connectivity index (χ0) is 12.4. The van der Waals surface area contributed by atoms with Crippen molar-refractivity contribution >= 4 is 0 Å². The first-order valence-electron chi connectivity index (χ1n) is 5.61. The second kappa shape index (κ2) is 4.63. The van der Waals surface area contributed by atoms with Crippen molar-refractivity contribution in [1.29, 1.82) is 0 Å². The Bertz CT molecular complexity index is 520. The third kappa shape index (κ3) is 2.50. The van der Waals surface area contributed by atoms with Crippen molar-refractivity contribution in [2.75, 3.05) is 0 Å². The number of aliphatic hydroxyl groups is 1. The predicted octanol–water partition coefficient (Wildman–Crippen LogP) is 2.48. The Labute approximate surface area is 101 Å². The molecule has 1 unspecified atom stereocenters. The molecule has 17 heavy (non-hydrogen) atoms. The second-order valence-electron chi connectivity index (χ2n) is 4.36. The predicted molar refractivity (Wildman–Crippen MR) is 66.7 cm³/mol. The lowest BCUT2D eigenvalue weighted by Crippen LogP contribution is -2.05. The van der Waals surface area contributed by atoms with Crippen molar-refractivity contribution in [3.05, 3.63) is 58.7 Å². The molecule has 0 aliphatic carbocycles. The minimum atomic E-state index is -0.755. The first-order valence-corrected chi connectivity index (χ1v) is 5.61. The zero-order valence-corrected chi connectivity index (χ0v) is 10.3. The highest BCUT2D eigenvalue weighted by Crippen LogP contribution is 2.21. The molecule has 3 heteroatoms. The number of aryl methyl sites for hydroxylation is 3. The van der Waals surface area contributed by atoms with Gasteiger partial charge in [-0.05, 0) is 43.0 Å².